The molecule has 0 unspecified atom stereocenters. The molecule has 0 atom stereocenters. The summed E-state index contributed by atoms with van der Waals surface area (Å²) in [4.78, 5) is 2.46. The van der Waals surface area contributed by atoms with Crippen molar-refractivity contribution in [2.75, 3.05) is 18.0 Å². The Morgan fingerprint density at radius 1 is 0.769 bits per heavy atom. The van der Waals surface area contributed by atoms with E-state index < -0.39 is 0 Å². The molecule has 1 N–H and O–H groups in total. The minimum absolute atomic E-state index is 0.543. The summed E-state index contributed by atoms with van der Waals surface area (Å²) in [5.41, 5.74) is 7.92. The summed E-state index contributed by atoms with van der Waals surface area (Å²) >= 11 is 0. The molecule has 2 heteroatoms. The summed E-state index contributed by atoms with van der Waals surface area (Å²) in [6.45, 7) is 4.45. The van der Waals surface area contributed by atoms with Crippen molar-refractivity contribution in [3.05, 3.63) is 95.1 Å². The molecule has 1 aliphatic heterocycles. The minimum atomic E-state index is 0.543. The van der Waals surface area contributed by atoms with Crippen molar-refractivity contribution in [1.82, 2.24) is 0 Å². The SMILES string of the molecule is Cc1ccc(C(=C2C=CC(=N)C=C2)c2ccc(N3CCCC3)cc2)cc1. The predicted octanol–water partition coefficient (Wildman–Crippen LogP) is 5.54. The van der Waals surface area contributed by atoms with E-state index in [1.165, 1.54) is 53.9 Å². The summed E-state index contributed by atoms with van der Waals surface area (Å²) < 4.78 is 0. The zero-order chi connectivity index (χ0) is 17.9. The lowest BCUT2D eigenvalue weighted by Gasteiger charge is -2.19. The van der Waals surface area contributed by atoms with E-state index in [1.807, 2.05) is 24.3 Å². The van der Waals surface area contributed by atoms with Gasteiger partial charge in [0, 0.05) is 18.8 Å². The van der Waals surface area contributed by atoms with Crippen LogP contribution in [0.25, 0.3) is 5.57 Å². The molecule has 0 aromatic heterocycles. The normalized spacial score (nSPS) is 16.4. The van der Waals surface area contributed by atoms with Crippen molar-refractivity contribution in [1.29, 1.82) is 5.41 Å². The highest BCUT2D eigenvalue weighted by Gasteiger charge is 2.14. The van der Waals surface area contributed by atoms with E-state index in [9.17, 15) is 0 Å². The van der Waals surface area contributed by atoms with Crippen LogP contribution >= 0.6 is 0 Å². The molecule has 0 amide bonds. The molecule has 2 aromatic rings. The van der Waals surface area contributed by atoms with Gasteiger partial charge in [-0.15, -0.1) is 0 Å². The second kappa shape index (κ2) is 7.17. The number of benzene rings is 2. The molecule has 1 saturated heterocycles. The fourth-order valence-electron chi connectivity index (χ4n) is 3.67. The Labute approximate surface area is 155 Å². The van der Waals surface area contributed by atoms with Gasteiger partial charge < -0.3 is 10.3 Å². The van der Waals surface area contributed by atoms with E-state index >= 15 is 0 Å². The lowest BCUT2D eigenvalue weighted by atomic mass is 9.90. The van der Waals surface area contributed by atoms with Crippen LogP contribution in [0.3, 0.4) is 0 Å². The van der Waals surface area contributed by atoms with Crippen LogP contribution < -0.4 is 4.90 Å². The van der Waals surface area contributed by atoms with Crippen LogP contribution in [0.1, 0.15) is 29.5 Å². The molecule has 0 saturated carbocycles. The summed E-state index contributed by atoms with van der Waals surface area (Å²) in [6, 6.07) is 17.6. The molecule has 1 aliphatic carbocycles. The summed E-state index contributed by atoms with van der Waals surface area (Å²) in [5, 5.41) is 7.78. The van der Waals surface area contributed by atoms with Crippen molar-refractivity contribution >= 4 is 17.0 Å². The van der Waals surface area contributed by atoms with Crippen molar-refractivity contribution in [3.63, 3.8) is 0 Å². The zero-order valence-corrected chi connectivity index (χ0v) is 15.2. The van der Waals surface area contributed by atoms with Crippen molar-refractivity contribution in [2.24, 2.45) is 0 Å². The number of aryl methyl sites for hydroxylation is 1. The summed E-state index contributed by atoms with van der Waals surface area (Å²) in [5.74, 6) is 0. The molecule has 4 rings (SSSR count). The van der Waals surface area contributed by atoms with E-state index in [0.29, 0.717) is 5.71 Å². The molecule has 0 radical (unpaired) electrons. The van der Waals surface area contributed by atoms with Crippen LogP contribution in [-0.2, 0) is 0 Å². The molecule has 2 nitrogen and oxygen atoms in total. The second-order valence-electron chi connectivity index (χ2n) is 7.06. The lowest BCUT2D eigenvalue weighted by Crippen LogP contribution is -2.17. The molecule has 1 fully saturated rings. The summed E-state index contributed by atoms with van der Waals surface area (Å²) in [6.07, 6.45) is 10.4. The molecule has 0 bridgehead atoms. The molecule has 1 heterocycles. The highest BCUT2D eigenvalue weighted by atomic mass is 15.1. The maximum absolute atomic E-state index is 7.78. The van der Waals surface area contributed by atoms with Gasteiger partial charge >= 0.3 is 0 Å². The van der Waals surface area contributed by atoms with Crippen molar-refractivity contribution in [2.45, 2.75) is 19.8 Å². The van der Waals surface area contributed by atoms with Gasteiger partial charge in [0.1, 0.15) is 0 Å². The Kier molecular flexibility index (Phi) is 4.57. The van der Waals surface area contributed by atoms with E-state index in [0.717, 1.165) is 5.57 Å². The molecule has 2 aromatic carbocycles. The van der Waals surface area contributed by atoms with Gasteiger partial charge in [0.25, 0.3) is 0 Å². The van der Waals surface area contributed by atoms with Crippen molar-refractivity contribution < 1.29 is 0 Å². The number of nitrogens with one attached hydrogen (secondary N) is 1. The van der Waals surface area contributed by atoms with E-state index in [4.69, 9.17) is 5.41 Å². The average Bonchev–Trinajstić information content (AvgIpc) is 3.20. The first-order chi connectivity index (χ1) is 12.7. The number of nitrogens with zero attached hydrogens (tertiary/aromatic N) is 1. The van der Waals surface area contributed by atoms with Crippen LogP contribution in [-0.4, -0.2) is 18.8 Å². The standard InChI is InChI=1S/C24H24N2/c1-18-4-6-19(7-5-18)24(20-8-12-22(25)13-9-20)21-10-14-23(15-11-21)26-16-2-3-17-26/h4-15,25H,2-3,16-17H2,1H3. The third kappa shape index (κ3) is 3.41. The number of hydrogen-bond donors (Lipinski definition) is 1. The van der Waals surface area contributed by atoms with Gasteiger partial charge in [-0.3, -0.25) is 0 Å². The average molecular weight is 340 g/mol. The first-order valence-corrected chi connectivity index (χ1v) is 9.32. The van der Waals surface area contributed by atoms with Gasteiger partial charge in [-0.1, -0.05) is 54.1 Å². The van der Waals surface area contributed by atoms with Crippen LogP contribution in [0.15, 0.2) is 78.4 Å². The lowest BCUT2D eigenvalue weighted by molar-refractivity contribution is 0.949. The highest BCUT2D eigenvalue weighted by molar-refractivity contribution is 6.05. The number of rotatable bonds is 3. The number of anilines is 1. The van der Waals surface area contributed by atoms with Gasteiger partial charge in [-0.05, 0) is 66.3 Å². The Hall–Kier alpha value is -2.87. The highest BCUT2D eigenvalue weighted by Crippen LogP contribution is 2.31. The Morgan fingerprint density at radius 2 is 1.31 bits per heavy atom. The smallest absolute Gasteiger partial charge is 0.0540 e. The number of hydrogen-bond acceptors (Lipinski definition) is 2. The fraction of sp³-hybridized carbons (Fsp3) is 0.208. The van der Waals surface area contributed by atoms with Crippen LogP contribution in [0.4, 0.5) is 5.69 Å². The fourth-order valence-corrected chi connectivity index (χ4v) is 3.67. The van der Waals surface area contributed by atoms with E-state index in [2.05, 4.69) is 60.4 Å². The number of allylic oxidation sites excluding steroid dienone is 5. The summed E-state index contributed by atoms with van der Waals surface area (Å²) in [7, 11) is 0. The zero-order valence-electron chi connectivity index (χ0n) is 15.2. The van der Waals surface area contributed by atoms with E-state index in [1.54, 1.807) is 0 Å². The van der Waals surface area contributed by atoms with Crippen LogP contribution in [0, 0.1) is 12.3 Å². The maximum atomic E-state index is 7.78. The van der Waals surface area contributed by atoms with Crippen LogP contribution in [0.5, 0.6) is 0 Å². The van der Waals surface area contributed by atoms with Gasteiger partial charge in [0.2, 0.25) is 0 Å². The van der Waals surface area contributed by atoms with Gasteiger partial charge in [0.15, 0.2) is 0 Å². The third-order valence-corrected chi connectivity index (χ3v) is 5.14. The molecule has 2 aliphatic rings. The van der Waals surface area contributed by atoms with E-state index in [-0.39, 0.29) is 0 Å². The topological polar surface area (TPSA) is 27.1 Å². The predicted molar refractivity (Wildman–Crippen MR) is 111 cm³/mol. The monoisotopic (exact) mass is 340 g/mol. The molecular formula is C24H24N2. The largest absolute Gasteiger partial charge is 0.372 e. The first kappa shape index (κ1) is 16.6. The van der Waals surface area contributed by atoms with Gasteiger partial charge in [-0.2, -0.15) is 0 Å². The van der Waals surface area contributed by atoms with Crippen LogP contribution in [0.2, 0.25) is 0 Å². The Balaban J connectivity index is 1.77. The quantitative estimate of drug-likeness (QED) is 0.780. The molecule has 0 spiro atoms. The van der Waals surface area contributed by atoms with Gasteiger partial charge in [0.05, 0.1) is 5.71 Å². The Bertz CT molecular complexity index is 872. The maximum Gasteiger partial charge on any atom is 0.0540 e. The molecule has 130 valence electrons. The molecular weight excluding hydrogens is 316 g/mol. The Morgan fingerprint density at radius 3 is 1.88 bits per heavy atom. The first-order valence-electron chi connectivity index (χ1n) is 9.32. The second-order valence-corrected chi connectivity index (χ2v) is 7.06. The van der Waals surface area contributed by atoms with Gasteiger partial charge in [-0.25, -0.2) is 0 Å². The third-order valence-electron chi connectivity index (χ3n) is 5.14. The molecule has 26 heavy (non-hydrogen) atoms. The minimum Gasteiger partial charge on any atom is -0.372 e. The van der Waals surface area contributed by atoms with Crippen molar-refractivity contribution in [3.8, 4) is 0 Å².